The molecule has 2 aliphatic heterocycles. The van der Waals surface area contributed by atoms with E-state index < -0.39 is 0 Å². The lowest BCUT2D eigenvalue weighted by molar-refractivity contribution is 0.00376. The van der Waals surface area contributed by atoms with Gasteiger partial charge in [0.1, 0.15) is 39.6 Å². The minimum atomic E-state index is 0.167. The molecule has 0 N–H and O–H groups in total. The SMILES string of the molecule is c1cc2nc(c1)COc1c3cccc1OCCOCCOCCOCCOc1cccc(c1OC2)OCCOCCOCCOCCO3. The van der Waals surface area contributed by atoms with Crippen molar-refractivity contribution in [3.63, 3.8) is 0 Å². The third kappa shape index (κ3) is 12.3. The largest absolute Gasteiger partial charge is 0.487 e. The van der Waals surface area contributed by atoms with Crippen LogP contribution in [0.15, 0.2) is 54.6 Å². The van der Waals surface area contributed by atoms with Crippen LogP contribution in [-0.2, 0) is 41.6 Å². The zero-order valence-corrected chi connectivity index (χ0v) is 27.3. The monoisotopic (exact) mass is 671 g/mol. The Labute approximate surface area is 281 Å². The van der Waals surface area contributed by atoms with Crippen molar-refractivity contribution < 1.29 is 56.8 Å². The molecule has 0 unspecified atom stereocenters. The van der Waals surface area contributed by atoms with E-state index >= 15 is 0 Å². The average molecular weight is 672 g/mol. The quantitative estimate of drug-likeness (QED) is 0.344. The maximum atomic E-state index is 6.29. The number of benzene rings is 2. The predicted octanol–water partition coefficient (Wildman–Crippen LogP) is 3.88. The summed E-state index contributed by atoms with van der Waals surface area (Å²) in [6.45, 7) is 6.58. The van der Waals surface area contributed by atoms with E-state index in [2.05, 4.69) is 0 Å². The summed E-state index contributed by atoms with van der Waals surface area (Å²) < 4.78 is 70.8. The van der Waals surface area contributed by atoms with Gasteiger partial charge in [-0.05, 0) is 36.4 Å². The first kappa shape index (κ1) is 35.5. The Morgan fingerprint density at radius 3 is 0.896 bits per heavy atom. The van der Waals surface area contributed by atoms with Gasteiger partial charge in [-0.25, -0.2) is 0 Å². The number of para-hydroxylation sites is 2. The van der Waals surface area contributed by atoms with Gasteiger partial charge in [-0.3, -0.25) is 4.98 Å². The minimum Gasteiger partial charge on any atom is -0.487 e. The number of ether oxygens (including phenoxy) is 12. The smallest absolute Gasteiger partial charge is 0.203 e. The van der Waals surface area contributed by atoms with Crippen LogP contribution in [0.25, 0.3) is 0 Å². The Morgan fingerprint density at radius 1 is 0.312 bits per heavy atom. The lowest BCUT2D eigenvalue weighted by Crippen LogP contribution is -2.15. The average Bonchev–Trinajstić information content (AvgIpc) is 3.10. The van der Waals surface area contributed by atoms with Crippen LogP contribution in [0.2, 0.25) is 0 Å². The van der Waals surface area contributed by atoms with Crippen molar-refractivity contribution in [2.75, 3.05) is 106 Å². The van der Waals surface area contributed by atoms with Gasteiger partial charge < -0.3 is 56.8 Å². The molecule has 0 spiro atoms. The molecule has 3 heterocycles. The van der Waals surface area contributed by atoms with E-state index in [4.69, 9.17) is 61.8 Å². The molecule has 0 saturated carbocycles. The van der Waals surface area contributed by atoms with E-state index in [0.717, 1.165) is 0 Å². The molecule has 0 saturated heterocycles. The highest BCUT2D eigenvalue weighted by Gasteiger charge is 2.16. The Balaban J connectivity index is 1.38. The molecule has 48 heavy (non-hydrogen) atoms. The zero-order valence-electron chi connectivity index (χ0n) is 27.3. The van der Waals surface area contributed by atoms with Gasteiger partial charge in [-0.2, -0.15) is 0 Å². The van der Waals surface area contributed by atoms with Crippen LogP contribution >= 0.6 is 0 Å². The lowest BCUT2D eigenvalue weighted by atomic mass is 10.2. The van der Waals surface area contributed by atoms with Crippen molar-refractivity contribution in [1.82, 2.24) is 4.98 Å². The van der Waals surface area contributed by atoms with Crippen LogP contribution in [0.1, 0.15) is 11.4 Å². The van der Waals surface area contributed by atoms with Gasteiger partial charge in [-0.15, -0.1) is 0 Å². The van der Waals surface area contributed by atoms with Crippen LogP contribution in [0.3, 0.4) is 0 Å². The first-order valence-corrected chi connectivity index (χ1v) is 16.3. The number of pyridine rings is 1. The molecule has 13 heteroatoms. The van der Waals surface area contributed by atoms with Crippen molar-refractivity contribution in [3.8, 4) is 34.5 Å². The van der Waals surface area contributed by atoms with Crippen molar-refractivity contribution in [1.29, 1.82) is 0 Å². The molecule has 0 fully saturated rings. The normalized spacial score (nSPS) is 18.7. The van der Waals surface area contributed by atoms with Crippen molar-refractivity contribution in [3.05, 3.63) is 66.0 Å². The van der Waals surface area contributed by atoms with Crippen molar-refractivity contribution in [2.45, 2.75) is 13.2 Å². The van der Waals surface area contributed by atoms with Crippen molar-refractivity contribution >= 4 is 0 Å². The van der Waals surface area contributed by atoms with Gasteiger partial charge in [0.25, 0.3) is 0 Å². The zero-order chi connectivity index (χ0) is 32.9. The number of rotatable bonds is 0. The Hall–Kier alpha value is -3.85. The molecule has 0 aliphatic carbocycles. The second-order valence-electron chi connectivity index (χ2n) is 10.4. The van der Waals surface area contributed by atoms with Gasteiger partial charge >= 0.3 is 0 Å². The summed E-state index contributed by atoms with van der Waals surface area (Å²) in [5, 5.41) is 0. The summed E-state index contributed by atoms with van der Waals surface area (Å²) in [6, 6.07) is 16.7. The standard InChI is InChI=1S/C35H45NO12/c1-4-28-26-47-34-30-6-2-7-31(34)44-23-19-40-15-11-38-13-17-42-21-25-46-33-9-3-8-32(35(33)48-27-29(5-1)36-28)45-24-20-41-16-12-37-10-14-39-18-22-43-30/h1-9H,10-27H2. The summed E-state index contributed by atoms with van der Waals surface area (Å²) in [7, 11) is 0. The van der Waals surface area contributed by atoms with E-state index in [-0.39, 0.29) is 13.2 Å². The van der Waals surface area contributed by atoms with E-state index in [1.165, 1.54) is 0 Å². The lowest BCUT2D eigenvalue weighted by Gasteiger charge is -2.18. The second kappa shape index (κ2) is 21.2. The Bertz CT molecular complexity index is 1180. The molecule has 4 bridgehead atoms. The minimum absolute atomic E-state index is 0.167. The second-order valence-corrected chi connectivity index (χ2v) is 10.4. The number of aromatic nitrogens is 1. The van der Waals surface area contributed by atoms with Crippen LogP contribution < -0.4 is 28.4 Å². The highest BCUT2D eigenvalue weighted by Crippen LogP contribution is 2.39. The molecule has 5 rings (SSSR count). The molecule has 262 valence electrons. The van der Waals surface area contributed by atoms with E-state index in [1.807, 2.05) is 54.6 Å². The first-order chi connectivity index (χ1) is 23.9. The van der Waals surface area contributed by atoms with Crippen LogP contribution in [0.4, 0.5) is 0 Å². The van der Waals surface area contributed by atoms with Gasteiger partial charge in [0, 0.05) is 0 Å². The molecule has 0 atom stereocenters. The highest BCUT2D eigenvalue weighted by molar-refractivity contribution is 5.52. The van der Waals surface area contributed by atoms with E-state index in [0.29, 0.717) is 152 Å². The molecule has 3 aromatic rings. The summed E-state index contributed by atoms with van der Waals surface area (Å²) in [5.74, 6) is 3.04. The van der Waals surface area contributed by atoms with Crippen molar-refractivity contribution in [2.24, 2.45) is 0 Å². The number of nitrogens with zero attached hydrogens (tertiary/aromatic N) is 1. The Morgan fingerprint density at radius 2 is 0.583 bits per heavy atom. The van der Waals surface area contributed by atoms with Crippen LogP contribution in [-0.4, -0.2) is 111 Å². The highest BCUT2D eigenvalue weighted by atomic mass is 16.6. The molecular weight excluding hydrogens is 626 g/mol. The van der Waals surface area contributed by atoms with E-state index in [9.17, 15) is 0 Å². The maximum Gasteiger partial charge on any atom is 0.203 e. The van der Waals surface area contributed by atoms with Gasteiger partial charge in [-0.1, -0.05) is 18.2 Å². The first-order valence-electron chi connectivity index (χ1n) is 16.3. The number of fused-ring (bicyclic) bond motifs is 2. The molecule has 13 nitrogen and oxygen atoms in total. The third-order valence-electron chi connectivity index (χ3n) is 6.91. The number of hydrogen-bond donors (Lipinski definition) is 0. The number of hydrogen-bond acceptors (Lipinski definition) is 13. The van der Waals surface area contributed by atoms with Gasteiger partial charge in [0.05, 0.1) is 90.7 Å². The van der Waals surface area contributed by atoms with Gasteiger partial charge in [0.15, 0.2) is 23.0 Å². The fourth-order valence-corrected chi connectivity index (χ4v) is 4.64. The summed E-state index contributed by atoms with van der Waals surface area (Å²) in [4.78, 5) is 4.78. The maximum absolute atomic E-state index is 6.29. The summed E-state index contributed by atoms with van der Waals surface area (Å²) >= 11 is 0. The summed E-state index contributed by atoms with van der Waals surface area (Å²) in [6.07, 6.45) is 0. The molecule has 2 aromatic carbocycles. The van der Waals surface area contributed by atoms with E-state index in [1.54, 1.807) is 0 Å². The fourth-order valence-electron chi connectivity index (χ4n) is 4.64. The topological polar surface area (TPSA) is 124 Å². The Kier molecular flexibility index (Phi) is 15.7. The fraction of sp³-hybridized carbons (Fsp3) is 0.514. The molecule has 2 aliphatic rings. The molecule has 1 aromatic heterocycles. The predicted molar refractivity (Wildman–Crippen MR) is 173 cm³/mol. The molecule has 0 radical (unpaired) electrons. The van der Waals surface area contributed by atoms with Crippen LogP contribution in [0.5, 0.6) is 34.5 Å². The summed E-state index contributed by atoms with van der Waals surface area (Å²) in [5.41, 5.74) is 1.39. The molecule has 0 amide bonds. The van der Waals surface area contributed by atoms with Crippen LogP contribution in [0, 0.1) is 0 Å². The van der Waals surface area contributed by atoms with Gasteiger partial charge in [0.2, 0.25) is 11.5 Å². The third-order valence-corrected chi connectivity index (χ3v) is 6.91. The molecular formula is C35H45NO12.